The van der Waals surface area contributed by atoms with Crippen molar-refractivity contribution in [3.05, 3.63) is 71.3 Å². The zero-order chi connectivity index (χ0) is 21.6. The van der Waals surface area contributed by atoms with E-state index < -0.39 is 22.2 Å². The first-order chi connectivity index (χ1) is 14.4. The Labute approximate surface area is 176 Å². The third-order valence-corrected chi connectivity index (χ3v) is 6.08. The summed E-state index contributed by atoms with van der Waals surface area (Å²) in [5.74, 6) is -0.851. The number of hydrogen-bond acceptors (Lipinski definition) is 6. The van der Waals surface area contributed by atoms with E-state index in [0.29, 0.717) is 19.6 Å². The number of carbonyl (C=O) groups is 2. The Kier molecular flexibility index (Phi) is 7.20. The predicted molar refractivity (Wildman–Crippen MR) is 111 cm³/mol. The normalized spacial score (nSPS) is 16.8. The van der Waals surface area contributed by atoms with E-state index in [0.717, 1.165) is 21.0 Å². The van der Waals surface area contributed by atoms with Crippen molar-refractivity contribution in [1.82, 2.24) is 14.3 Å². The lowest BCUT2D eigenvalue weighted by atomic mass is 10.1. The van der Waals surface area contributed by atoms with Crippen molar-refractivity contribution >= 4 is 22.1 Å². The Balaban J connectivity index is 1.66. The first-order valence-electron chi connectivity index (χ1n) is 9.70. The van der Waals surface area contributed by atoms with Crippen LogP contribution in [-0.4, -0.2) is 43.8 Å². The van der Waals surface area contributed by atoms with Crippen LogP contribution >= 0.6 is 0 Å². The summed E-state index contributed by atoms with van der Waals surface area (Å²) in [6.45, 7) is 2.40. The molecule has 0 bridgehead atoms. The number of ether oxygens (including phenoxy) is 1. The van der Waals surface area contributed by atoms with Gasteiger partial charge in [-0.15, -0.1) is 0 Å². The molecule has 0 saturated carbocycles. The second-order valence-corrected chi connectivity index (χ2v) is 8.66. The molecule has 30 heavy (non-hydrogen) atoms. The van der Waals surface area contributed by atoms with Gasteiger partial charge >= 0.3 is 16.2 Å². The highest BCUT2D eigenvalue weighted by atomic mass is 32.2. The lowest BCUT2D eigenvalue weighted by molar-refractivity contribution is -0.145. The maximum atomic E-state index is 12.4. The molecule has 9 heteroatoms. The van der Waals surface area contributed by atoms with Gasteiger partial charge in [-0.25, -0.2) is 4.72 Å². The fourth-order valence-electron chi connectivity index (χ4n) is 3.24. The first-order valence-corrected chi connectivity index (χ1v) is 11.1. The van der Waals surface area contributed by atoms with Crippen molar-refractivity contribution in [3.63, 3.8) is 0 Å². The lowest BCUT2D eigenvalue weighted by Gasteiger charge is -2.18. The molecule has 1 aliphatic heterocycles. The zero-order valence-electron chi connectivity index (χ0n) is 16.7. The summed E-state index contributed by atoms with van der Waals surface area (Å²) in [6, 6.07) is 16.6. The molecule has 8 nitrogen and oxygen atoms in total. The van der Waals surface area contributed by atoms with Crippen LogP contribution in [0.4, 0.5) is 0 Å². The number of carbonyl (C=O) groups excluding carboxylic acids is 2. The molecule has 1 heterocycles. The van der Waals surface area contributed by atoms with Crippen molar-refractivity contribution in [2.75, 3.05) is 13.2 Å². The Bertz CT molecular complexity index is 995. The number of benzene rings is 2. The Morgan fingerprint density at radius 3 is 2.50 bits per heavy atom. The van der Waals surface area contributed by atoms with Gasteiger partial charge in [0.25, 0.3) is 0 Å². The van der Waals surface area contributed by atoms with Gasteiger partial charge in [0.1, 0.15) is 6.04 Å². The summed E-state index contributed by atoms with van der Waals surface area (Å²) in [4.78, 5) is 23.8. The minimum absolute atomic E-state index is 0.0975. The number of amides is 1. The molecule has 1 fully saturated rings. The standard InChI is InChI=1S/C21H25N3O5S/c1-2-29-21(26)19(12-16-7-4-3-5-8-16)22-13-17-9-6-10-18(11-17)14-24-15-20(25)23-30(24,27)28/h3-11,19,22H,2,12-15H2,1H3,(H,23,25)/t19-/m0/s1. The van der Waals surface area contributed by atoms with Crippen LogP contribution in [0.25, 0.3) is 0 Å². The summed E-state index contributed by atoms with van der Waals surface area (Å²) >= 11 is 0. The fourth-order valence-corrected chi connectivity index (χ4v) is 4.33. The molecule has 2 aromatic carbocycles. The molecule has 0 spiro atoms. The summed E-state index contributed by atoms with van der Waals surface area (Å²) in [5.41, 5.74) is 2.67. The summed E-state index contributed by atoms with van der Waals surface area (Å²) in [5, 5.41) is 3.24. The van der Waals surface area contributed by atoms with Gasteiger partial charge in [0.15, 0.2) is 0 Å². The Morgan fingerprint density at radius 1 is 1.13 bits per heavy atom. The summed E-state index contributed by atoms with van der Waals surface area (Å²) in [7, 11) is -3.77. The second-order valence-electron chi connectivity index (χ2n) is 6.99. The average molecular weight is 432 g/mol. The first kappa shape index (κ1) is 21.9. The van der Waals surface area contributed by atoms with Gasteiger partial charge in [-0.1, -0.05) is 54.6 Å². The van der Waals surface area contributed by atoms with Gasteiger partial charge in [-0.3, -0.25) is 9.59 Å². The van der Waals surface area contributed by atoms with Crippen molar-refractivity contribution in [1.29, 1.82) is 0 Å². The molecular formula is C21H25N3O5S. The van der Waals surface area contributed by atoms with E-state index in [1.807, 2.05) is 53.3 Å². The maximum absolute atomic E-state index is 12.4. The SMILES string of the molecule is CCOC(=O)[C@H](Cc1ccccc1)NCc1cccc(CN2CC(=O)NS2(=O)=O)c1. The largest absolute Gasteiger partial charge is 0.465 e. The molecule has 3 rings (SSSR count). The highest BCUT2D eigenvalue weighted by molar-refractivity contribution is 7.88. The number of esters is 1. The zero-order valence-corrected chi connectivity index (χ0v) is 17.5. The molecule has 1 aliphatic rings. The van der Waals surface area contributed by atoms with Crippen LogP contribution in [0.15, 0.2) is 54.6 Å². The fraction of sp³-hybridized carbons (Fsp3) is 0.333. The van der Waals surface area contributed by atoms with Gasteiger partial charge < -0.3 is 10.1 Å². The van der Waals surface area contributed by atoms with Crippen molar-refractivity contribution in [2.45, 2.75) is 32.5 Å². The van der Waals surface area contributed by atoms with Gasteiger partial charge in [0, 0.05) is 13.1 Å². The van der Waals surface area contributed by atoms with Gasteiger partial charge in [0.2, 0.25) is 5.91 Å². The smallest absolute Gasteiger partial charge is 0.323 e. The molecule has 0 radical (unpaired) electrons. The maximum Gasteiger partial charge on any atom is 0.323 e. The molecule has 2 N–H and O–H groups in total. The molecule has 0 unspecified atom stereocenters. The van der Waals surface area contributed by atoms with Crippen LogP contribution in [0.2, 0.25) is 0 Å². The topological polar surface area (TPSA) is 105 Å². The van der Waals surface area contributed by atoms with E-state index >= 15 is 0 Å². The molecule has 0 aromatic heterocycles. The molecule has 1 atom stereocenters. The van der Waals surface area contributed by atoms with Gasteiger partial charge in [-0.05, 0) is 30.0 Å². The lowest BCUT2D eigenvalue weighted by Crippen LogP contribution is -2.39. The van der Waals surface area contributed by atoms with Gasteiger partial charge in [-0.2, -0.15) is 12.7 Å². The monoisotopic (exact) mass is 431 g/mol. The average Bonchev–Trinajstić information content (AvgIpc) is 2.97. The van der Waals surface area contributed by atoms with Crippen LogP contribution in [-0.2, 0) is 44.0 Å². The van der Waals surface area contributed by atoms with Crippen LogP contribution in [0.3, 0.4) is 0 Å². The summed E-state index contributed by atoms with van der Waals surface area (Å²) in [6.07, 6.45) is 0.499. The number of nitrogens with zero attached hydrogens (tertiary/aromatic N) is 1. The van der Waals surface area contributed by atoms with E-state index in [2.05, 4.69) is 5.32 Å². The van der Waals surface area contributed by atoms with Crippen molar-refractivity contribution in [2.24, 2.45) is 0 Å². The second kappa shape index (κ2) is 9.84. The minimum Gasteiger partial charge on any atom is -0.465 e. The van der Waals surface area contributed by atoms with Crippen LogP contribution in [0, 0.1) is 0 Å². The molecule has 2 aromatic rings. The molecule has 1 amide bonds. The van der Waals surface area contributed by atoms with E-state index in [4.69, 9.17) is 4.74 Å². The highest BCUT2D eigenvalue weighted by Crippen LogP contribution is 2.14. The number of nitrogens with one attached hydrogen (secondary N) is 2. The third kappa shape index (κ3) is 5.88. The van der Waals surface area contributed by atoms with E-state index in [-0.39, 0.29) is 19.1 Å². The van der Waals surface area contributed by atoms with E-state index in [1.165, 1.54) is 0 Å². The molecule has 1 saturated heterocycles. The van der Waals surface area contributed by atoms with Crippen LogP contribution < -0.4 is 10.0 Å². The number of hydrogen-bond donors (Lipinski definition) is 2. The number of rotatable bonds is 9. The molecule has 0 aliphatic carbocycles. The summed E-state index contributed by atoms with van der Waals surface area (Å²) < 4.78 is 32.1. The van der Waals surface area contributed by atoms with Crippen LogP contribution in [0.5, 0.6) is 0 Å². The molecule has 160 valence electrons. The Hall–Kier alpha value is -2.75. The third-order valence-electron chi connectivity index (χ3n) is 4.66. The van der Waals surface area contributed by atoms with E-state index in [1.54, 1.807) is 13.0 Å². The quantitative estimate of drug-likeness (QED) is 0.577. The van der Waals surface area contributed by atoms with Crippen molar-refractivity contribution in [3.8, 4) is 0 Å². The van der Waals surface area contributed by atoms with E-state index in [9.17, 15) is 18.0 Å². The minimum atomic E-state index is -3.77. The predicted octanol–water partition coefficient (Wildman–Crippen LogP) is 1.13. The Morgan fingerprint density at radius 2 is 1.83 bits per heavy atom. The highest BCUT2D eigenvalue weighted by Gasteiger charge is 2.33. The molecular weight excluding hydrogens is 406 g/mol. The van der Waals surface area contributed by atoms with Crippen LogP contribution in [0.1, 0.15) is 23.6 Å². The van der Waals surface area contributed by atoms with Crippen molar-refractivity contribution < 1.29 is 22.7 Å². The van der Waals surface area contributed by atoms with Gasteiger partial charge in [0.05, 0.1) is 13.2 Å².